The van der Waals surface area contributed by atoms with Crippen LogP contribution in [-0.2, 0) is 4.79 Å². The van der Waals surface area contributed by atoms with Crippen LogP contribution in [0, 0.1) is 0 Å². The van der Waals surface area contributed by atoms with Gasteiger partial charge in [0.2, 0.25) is 5.91 Å². The highest BCUT2D eigenvalue weighted by atomic mass is 79.9. The fraction of sp³-hybridized carbons (Fsp3) is 0.450. The van der Waals surface area contributed by atoms with Crippen molar-refractivity contribution in [2.75, 3.05) is 31.5 Å². The fourth-order valence-electron chi connectivity index (χ4n) is 3.86. The minimum atomic E-state index is -0.166. The summed E-state index contributed by atoms with van der Waals surface area (Å²) in [7, 11) is 0. The molecule has 2 aliphatic heterocycles. The molecule has 0 aliphatic carbocycles. The first-order valence-electron chi connectivity index (χ1n) is 9.64. The van der Waals surface area contributed by atoms with E-state index in [1.165, 1.54) is 11.3 Å². The van der Waals surface area contributed by atoms with Gasteiger partial charge in [-0.05, 0) is 56.5 Å². The highest BCUT2D eigenvalue weighted by molar-refractivity contribution is 9.10. The Kier molecular flexibility index (Phi) is 6.08. The molecule has 0 spiro atoms. The number of halogens is 1. The van der Waals surface area contributed by atoms with E-state index < -0.39 is 0 Å². The minimum Gasteiger partial charge on any atom is -0.342 e. The van der Waals surface area contributed by atoms with Crippen LogP contribution in [0.15, 0.2) is 34.1 Å². The molecule has 0 unspecified atom stereocenters. The smallest absolute Gasteiger partial charge is 0.257 e. The van der Waals surface area contributed by atoms with Crippen molar-refractivity contribution >= 4 is 44.2 Å². The van der Waals surface area contributed by atoms with Crippen molar-refractivity contribution in [1.29, 1.82) is 0 Å². The predicted molar refractivity (Wildman–Crippen MR) is 114 cm³/mol. The number of rotatable bonds is 5. The number of likely N-dealkylation sites (tertiary alicyclic amines) is 2. The van der Waals surface area contributed by atoms with Gasteiger partial charge in [0.1, 0.15) is 0 Å². The molecule has 1 atom stereocenters. The molecule has 0 saturated carbocycles. The molecular weight excluding hydrogens is 440 g/mol. The van der Waals surface area contributed by atoms with Gasteiger partial charge in [0, 0.05) is 28.5 Å². The number of hydrogen-bond acceptors (Lipinski definition) is 5. The van der Waals surface area contributed by atoms with Crippen molar-refractivity contribution in [3.63, 3.8) is 0 Å². The van der Waals surface area contributed by atoms with Crippen LogP contribution in [-0.4, -0.2) is 52.8 Å². The highest BCUT2D eigenvalue weighted by Gasteiger charge is 2.31. The van der Waals surface area contributed by atoms with Crippen molar-refractivity contribution in [1.82, 2.24) is 14.8 Å². The molecule has 2 saturated heterocycles. The number of carbonyl (C=O) groups excluding carboxylic acids is 2. The van der Waals surface area contributed by atoms with E-state index >= 15 is 0 Å². The van der Waals surface area contributed by atoms with Crippen LogP contribution in [0.3, 0.4) is 0 Å². The highest BCUT2D eigenvalue weighted by Crippen LogP contribution is 2.33. The Morgan fingerprint density at radius 2 is 1.89 bits per heavy atom. The van der Waals surface area contributed by atoms with Gasteiger partial charge in [-0.1, -0.05) is 15.9 Å². The molecule has 28 heavy (non-hydrogen) atoms. The first-order chi connectivity index (χ1) is 13.6. The van der Waals surface area contributed by atoms with E-state index in [9.17, 15) is 9.59 Å². The first-order valence-corrected chi connectivity index (χ1v) is 11.3. The van der Waals surface area contributed by atoms with Gasteiger partial charge in [-0.2, -0.15) is 0 Å². The van der Waals surface area contributed by atoms with E-state index in [0.29, 0.717) is 17.2 Å². The summed E-state index contributed by atoms with van der Waals surface area (Å²) >= 11 is 4.81. The van der Waals surface area contributed by atoms with Crippen LogP contribution >= 0.6 is 27.3 Å². The van der Waals surface area contributed by atoms with Gasteiger partial charge in [-0.15, -0.1) is 11.3 Å². The van der Waals surface area contributed by atoms with E-state index in [-0.39, 0.29) is 17.9 Å². The van der Waals surface area contributed by atoms with E-state index in [1.807, 2.05) is 22.4 Å². The lowest BCUT2D eigenvalue weighted by molar-refractivity contribution is -0.131. The Morgan fingerprint density at radius 1 is 1.14 bits per heavy atom. The van der Waals surface area contributed by atoms with Crippen molar-refractivity contribution in [2.45, 2.75) is 31.7 Å². The quantitative estimate of drug-likeness (QED) is 0.730. The number of anilines is 1. The summed E-state index contributed by atoms with van der Waals surface area (Å²) < 4.78 is 0.936. The van der Waals surface area contributed by atoms with Gasteiger partial charge in [0.25, 0.3) is 5.91 Å². The average Bonchev–Trinajstić information content (AvgIpc) is 3.44. The van der Waals surface area contributed by atoms with E-state index in [0.717, 1.165) is 55.5 Å². The van der Waals surface area contributed by atoms with Gasteiger partial charge in [-0.25, -0.2) is 4.98 Å². The molecule has 2 fully saturated rings. The minimum absolute atomic E-state index is 0.154. The second-order valence-electron chi connectivity index (χ2n) is 7.25. The van der Waals surface area contributed by atoms with Crippen molar-refractivity contribution in [2.24, 2.45) is 0 Å². The van der Waals surface area contributed by atoms with E-state index in [4.69, 9.17) is 0 Å². The summed E-state index contributed by atoms with van der Waals surface area (Å²) in [6.45, 7) is 3.16. The summed E-state index contributed by atoms with van der Waals surface area (Å²) in [6, 6.07) is 7.39. The Morgan fingerprint density at radius 3 is 2.64 bits per heavy atom. The maximum absolute atomic E-state index is 12.5. The normalized spacial score (nSPS) is 19.9. The number of nitrogens with zero attached hydrogens (tertiary/aromatic N) is 3. The molecule has 1 N–H and O–H groups in total. The Balaban J connectivity index is 1.39. The second-order valence-corrected chi connectivity index (χ2v) is 9.03. The topological polar surface area (TPSA) is 65.5 Å². The molecule has 2 aromatic rings. The van der Waals surface area contributed by atoms with Gasteiger partial charge >= 0.3 is 0 Å². The molecule has 1 aromatic heterocycles. The molecular formula is C20H23BrN4O2S. The van der Waals surface area contributed by atoms with Crippen LogP contribution in [0.4, 0.5) is 5.13 Å². The number of amides is 2. The van der Waals surface area contributed by atoms with Gasteiger partial charge in [0.15, 0.2) is 5.13 Å². The number of nitrogens with one attached hydrogen (secondary N) is 1. The van der Waals surface area contributed by atoms with Crippen molar-refractivity contribution in [3.05, 3.63) is 45.4 Å². The summed E-state index contributed by atoms with van der Waals surface area (Å²) in [6.07, 6.45) is 4.29. The Labute approximate surface area is 177 Å². The number of thiazole rings is 1. The molecule has 2 aliphatic rings. The third kappa shape index (κ3) is 4.45. The zero-order valence-corrected chi connectivity index (χ0v) is 18.0. The molecule has 1 aromatic carbocycles. The Bertz CT molecular complexity index is 848. The standard InChI is InChI=1S/C20H23BrN4O2S/c21-15-7-5-14(6-8-15)19(27)23-20-22-16(13-28-20)17-4-3-11-25(17)12-18(26)24-9-1-2-10-24/h5-8,13,17H,1-4,9-12H2,(H,22,23,27)/t17-/m1/s1. The van der Waals surface area contributed by atoms with Crippen LogP contribution in [0.2, 0.25) is 0 Å². The molecule has 0 bridgehead atoms. The lowest BCUT2D eigenvalue weighted by Crippen LogP contribution is -2.38. The summed E-state index contributed by atoms with van der Waals surface area (Å²) in [4.78, 5) is 33.8. The predicted octanol–water partition coefficient (Wildman–Crippen LogP) is 3.92. The average molecular weight is 463 g/mol. The maximum Gasteiger partial charge on any atom is 0.257 e. The number of hydrogen-bond donors (Lipinski definition) is 1. The van der Waals surface area contributed by atoms with Crippen molar-refractivity contribution < 1.29 is 9.59 Å². The van der Waals surface area contributed by atoms with Gasteiger partial charge in [-0.3, -0.25) is 19.8 Å². The summed E-state index contributed by atoms with van der Waals surface area (Å²) in [5.74, 6) is 0.0595. The number of benzene rings is 1. The maximum atomic E-state index is 12.5. The molecule has 4 rings (SSSR count). The van der Waals surface area contributed by atoms with Crippen LogP contribution < -0.4 is 5.32 Å². The molecule has 3 heterocycles. The van der Waals surface area contributed by atoms with Crippen LogP contribution in [0.25, 0.3) is 0 Å². The summed E-state index contributed by atoms with van der Waals surface area (Å²) in [5.41, 5.74) is 1.54. The molecule has 2 amide bonds. The van der Waals surface area contributed by atoms with E-state index in [2.05, 4.69) is 31.1 Å². The second kappa shape index (κ2) is 8.71. The van der Waals surface area contributed by atoms with Crippen LogP contribution in [0.5, 0.6) is 0 Å². The number of aromatic nitrogens is 1. The van der Waals surface area contributed by atoms with Crippen LogP contribution in [0.1, 0.15) is 47.8 Å². The summed E-state index contributed by atoms with van der Waals surface area (Å²) in [5, 5.41) is 5.48. The molecule has 8 heteroatoms. The lowest BCUT2D eigenvalue weighted by atomic mass is 10.1. The Hall–Kier alpha value is -1.77. The lowest BCUT2D eigenvalue weighted by Gasteiger charge is -2.25. The largest absolute Gasteiger partial charge is 0.342 e. The monoisotopic (exact) mass is 462 g/mol. The zero-order valence-electron chi connectivity index (χ0n) is 15.6. The zero-order chi connectivity index (χ0) is 19.5. The third-order valence-electron chi connectivity index (χ3n) is 5.35. The van der Waals surface area contributed by atoms with Gasteiger partial charge in [0.05, 0.1) is 18.3 Å². The van der Waals surface area contributed by atoms with Crippen molar-refractivity contribution in [3.8, 4) is 0 Å². The third-order valence-corrected chi connectivity index (χ3v) is 6.66. The fourth-order valence-corrected chi connectivity index (χ4v) is 4.87. The molecule has 0 radical (unpaired) electrons. The van der Waals surface area contributed by atoms with E-state index in [1.54, 1.807) is 12.1 Å². The molecule has 148 valence electrons. The SMILES string of the molecule is O=C(Nc1nc([C@H]2CCCN2CC(=O)N2CCCC2)cs1)c1ccc(Br)cc1. The first kappa shape index (κ1) is 19.5. The van der Waals surface area contributed by atoms with Gasteiger partial charge < -0.3 is 4.90 Å². The molecule has 6 nitrogen and oxygen atoms in total. The number of carbonyl (C=O) groups is 2.